The van der Waals surface area contributed by atoms with Crippen LogP contribution >= 0.6 is 0 Å². The van der Waals surface area contributed by atoms with Crippen molar-refractivity contribution in [2.24, 2.45) is 0 Å². The molecule has 0 spiro atoms. The maximum absolute atomic E-state index is 12.0. The minimum absolute atomic E-state index is 0.0858. The van der Waals surface area contributed by atoms with Crippen molar-refractivity contribution >= 4 is 12.0 Å². The number of amides is 2. The van der Waals surface area contributed by atoms with E-state index in [2.05, 4.69) is 15.0 Å². The Balaban J connectivity index is 2.64. The number of urea groups is 1. The number of oxazole rings is 1. The molecule has 22 heavy (non-hydrogen) atoms. The van der Waals surface area contributed by atoms with Crippen LogP contribution in [0.2, 0.25) is 0 Å². The molecule has 0 bridgehead atoms. The van der Waals surface area contributed by atoms with E-state index in [0.717, 1.165) is 0 Å². The summed E-state index contributed by atoms with van der Waals surface area (Å²) in [7, 11) is 1.27. The van der Waals surface area contributed by atoms with Gasteiger partial charge in [-0.1, -0.05) is 0 Å². The fourth-order valence-electron chi connectivity index (χ4n) is 1.76. The fourth-order valence-corrected chi connectivity index (χ4v) is 1.76. The SMILES string of the molecule is CCNC(=O)N(CCCOCC)Cc1nc(C(=O)OC)co1. The average molecular weight is 313 g/mol. The van der Waals surface area contributed by atoms with Crippen molar-refractivity contribution in [2.75, 3.05) is 33.4 Å². The molecule has 124 valence electrons. The van der Waals surface area contributed by atoms with Gasteiger partial charge in [-0.05, 0) is 20.3 Å². The van der Waals surface area contributed by atoms with Crippen LogP contribution in [0.4, 0.5) is 4.79 Å². The summed E-state index contributed by atoms with van der Waals surface area (Å²) in [6, 6.07) is -0.211. The molecule has 8 heteroatoms. The predicted molar refractivity (Wildman–Crippen MR) is 78.4 cm³/mol. The van der Waals surface area contributed by atoms with E-state index in [1.165, 1.54) is 13.4 Å². The summed E-state index contributed by atoms with van der Waals surface area (Å²) in [4.78, 5) is 28.9. The van der Waals surface area contributed by atoms with Gasteiger partial charge in [-0.3, -0.25) is 0 Å². The van der Waals surface area contributed by atoms with E-state index in [1.807, 2.05) is 13.8 Å². The van der Waals surface area contributed by atoms with Crippen LogP contribution in [0, 0.1) is 0 Å². The van der Waals surface area contributed by atoms with Crippen molar-refractivity contribution in [3.05, 3.63) is 17.8 Å². The molecule has 1 N–H and O–H groups in total. The van der Waals surface area contributed by atoms with Gasteiger partial charge in [0, 0.05) is 26.3 Å². The third-order valence-electron chi connectivity index (χ3n) is 2.81. The zero-order valence-electron chi connectivity index (χ0n) is 13.3. The highest BCUT2D eigenvalue weighted by molar-refractivity contribution is 5.86. The van der Waals surface area contributed by atoms with E-state index in [-0.39, 0.29) is 24.2 Å². The number of methoxy groups -OCH3 is 1. The third-order valence-corrected chi connectivity index (χ3v) is 2.81. The van der Waals surface area contributed by atoms with Crippen LogP contribution in [-0.2, 0) is 16.0 Å². The van der Waals surface area contributed by atoms with Gasteiger partial charge in [0.2, 0.25) is 5.89 Å². The average Bonchev–Trinajstić information content (AvgIpc) is 2.98. The van der Waals surface area contributed by atoms with Crippen molar-refractivity contribution in [2.45, 2.75) is 26.8 Å². The lowest BCUT2D eigenvalue weighted by Crippen LogP contribution is -2.40. The summed E-state index contributed by atoms with van der Waals surface area (Å²) in [5.41, 5.74) is 0.0858. The highest BCUT2D eigenvalue weighted by Crippen LogP contribution is 2.08. The number of rotatable bonds is 9. The molecular formula is C14H23N3O5. The number of nitrogens with zero attached hydrogens (tertiary/aromatic N) is 2. The highest BCUT2D eigenvalue weighted by Gasteiger charge is 2.18. The quantitative estimate of drug-likeness (QED) is 0.547. The second-order valence-corrected chi connectivity index (χ2v) is 4.43. The highest BCUT2D eigenvalue weighted by atomic mass is 16.5. The molecule has 0 fully saturated rings. The van der Waals surface area contributed by atoms with Gasteiger partial charge in [-0.2, -0.15) is 0 Å². The Morgan fingerprint density at radius 3 is 2.82 bits per heavy atom. The minimum Gasteiger partial charge on any atom is -0.464 e. The summed E-state index contributed by atoms with van der Waals surface area (Å²) < 4.78 is 15.0. The van der Waals surface area contributed by atoms with Crippen molar-refractivity contribution < 1.29 is 23.5 Å². The van der Waals surface area contributed by atoms with Crippen LogP contribution in [0.3, 0.4) is 0 Å². The van der Waals surface area contributed by atoms with E-state index >= 15 is 0 Å². The van der Waals surface area contributed by atoms with Crippen LogP contribution < -0.4 is 5.32 Å². The van der Waals surface area contributed by atoms with E-state index < -0.39 is 5.97 Å². The maximum atomic E-state index is 12.0. The molecule has 0 unspecified atom stereocenters. The summed E-state index contributed by atoms with van der Waals surface area (Å²) in [5.74, 6) is -0.293. The molecule has 8 nitrogen and oxygen atoms in total. The number of nitrogens with one attached hydrogen (secondary N) is 1. The van der Waals surface area contributed by atoms with Gasteiger partial charge in [-0.15, -0.1) is 0 Å². The second-order valence-electron chi connectivity index (χ2n) is 4.43. The van der Waals surface area contributed by atoms with Gasteiger partial charge in [0.15, 0.2) is 5.69 Å². The number of carbonyl (C=O) groups excluding carboxylic acids is 2. The van der Waals surface area contributed by atoms with Crippen LogP contribution in [0.5, 0.6) is 0 Å². The fraction of sp³-hybridized carbons (Fsp3) is 0.643. The van der Waals surface area contributed by atoms with E-state index in [9.17, 15) is 9.59 Å². The van der Waals surface area contributed by atoms with Gasteiger partial charge in [0.1, 0.15) is 6.26 Å². The Bertz CT molecular complexity index is 475. The number of esters is 1. The normalized spacial score (nSPS) is 10.3. The molecule has 0 radical (unpaired) electrons. The van der Waals surface area contributed by atoms with Crippen LogP contribution in [0.1, 0.15) is 36.6 Å². The molecule has 0 aromatic carbocycles. The predicted octanol–water partition coefficient (Wildman–Crippen LogP) is 1.42. The second kappa shape index (κ2) is 9.78. The molecule has 1 aromatic heterocycles. The Morgan fingerprint density at radius 1 is 1.41 bits per heavy atom. The molecular weight excluding hydrogens is 290 g/mol. The molecule has 0 aliphatic rings. The number of aromatic nitrogens is 1. The Morgan fingerprint density at radius 2 is 2.18 bits per heavy atom. The molecule has 0 saturated heterocycles. The molecule has 1 aromatic rings. The lowest BCUT2D eigenvalue weighted by atomic mass is 10.4. The van der Waals surface area contributed by atoms with Crippen LogP contribution in [-0.4, -0.2) is 55.3 Å². The maximum Gasteiger partial charge on any atom is 0.360 e. The number of hydrogen-bond acceptors (Lipinski definition) is 6. The van der Waals surface area contributed by atoms with Crippen molar-refractivity contribution in [1.29, 1.82) is 0 Å². The first-order valence-corrected chi connectivity index (χ1v) is 7.25. The standard InChI is InChI=1S/C14H23N3O5/c1-4-15-14(19)17(7-6-8-21-5-2)9-12-16-11(10-22-12)13(18)20-3/h10H,4-9H2,1-3H3,(H,15,19). The molecule has 1 rings (SSSR count). The molecule has 1 heterocycles. The van der Waals surface area contributed by atoms with Gasteiger partial charge in [0.05, 0.1) is 13.7 Å². The third kappa shape index (κ3) is 5.72. The topological polar surface area (TPSA) is 93.9 Å². The zero-order chi connectivity index (χ0) is 16.4. The molecule has 0 atom stereocenters. The molecule has 2 amide bonds. The summed E-state index contributed by atoms with van der Waals surface area (Å²) in [6.45, 7) is 6.19. The van der Waals surface area contributed by atoms with Crippen molar-refractivity contribution in [3.63, 3.8) is 0 Å². The van der Waals surface area contributed by atoms with Gasteiger partial charge in [0.25, 0.3) is 0 Å². The van der Waals surface area contributed by atoms with Gasteiger partial charge >= 0.3 is 12.0 Å². The lowest BCUT2D eigenvalue weighted by Gasteiger charge is -2.21. The van der Waals surface area contributed by atoms with Crippen LogP contribution in [0.15, 0.2) is 10.7 Å². The first kappa shape index (κ1) is 18.0. The van der Waals surface area contributed by atoms with Crippen LogP contribution in [0.25, 0.3) is 0 Å². The van der Waals surface area contributed by atoms with E-state index in [4.69, 9.17) is 9.15 Å². The van der Waals surface area contributed by atoms with Gasteiger partial charge in [-0.25, -0.2) is 14.6 Å². The van der Waals surface area contributed by atoms with Crippen molar-refractivity contribution in [1.82, 2.24) is 15.2 Å². The number of carbonyl (C=O) groups is 2. The van der Waals surface area contributed by atoms with E-state index in [1.54, 1.807) is 4.90 Å². The molecule has 0 aliphatic heterocycles. The van der Waals surface area contributed by atoms with E-state index in [0.29, 0.717) is 32.7 Å². The lowest BCUT2D eigenvalue weighted by molar-refractivity contribution is 0.0594. The number of hydrogen-bond donors (Lipinski definition) is 1. The Kier molecular flexibility index (Phi) is 7.98. The van der Waals surface area contributed by atoms with Gasteiger partial charge < -0.3 is 24.1 Å². The Hall–Kier alpha value is -2.09. The zero-order valence-corrected chi connectivity index (χ0v) is 13.3. The first-order valence-electron chi connectivity index (χ1n) is 7.25. The summed E-state index contributed by atoms with van der Waals surface area (Å²) >= 11 is 0. The monoisotopic (exact) mass is 313 g/mol. The molecule has 0 saturated carbocycles. The number of ether oxygens (including phenoxy) is 2. The Labute approximate surface area is 129 Å². The summed E-state index contributed by atoms with van der Waals surface area (Å²) in [6.07, 6.45) is 1.92. The minimum atomic E-state index is -0.573. The smallest absolute Gasteiger partial charge is 0.360 e. The largest absolute Gasteiger partial charge is 0.464 e. The summed E-state index contributed by atoms with van der Waals surface area (Å²) in [5, 5.41) is 2.73. The van der Waals surface area contributed by atoms with Crippen molar-refractivity contribution in [3.8, 4) is 0 Å². The molecule has 0 aliphatic carbocycles. The first-order chi connectivity index (χ1) is 10.6.